The van der Waals surface area contributed by atoms with E-state index in [9.17, 15) is 17.6 Å². The summed E-state index contributed by atoms with van der Waals surface area (Å²) in [5, 5.41) is 0. The highest BCUT2D eigenvalue weighted by molar-refractivity contribution is 7.89. The molecule has 0 amide bonds. The number of halogens is 1. The van der Waals surface area contributed by atoms with E-state index in [0.29, 0.717) is 0 Å². The maximum Gasteiger partial charge on any atom is 0.338 e. The topological polar surface area (TPSA) is 81.7 Å². The summed E-state index contributed by atoms with van der Waals surface area (Å²) in [4.78, 5) is 12.1. The van der Waals surface area contributed by atoms with Gasteiger partial charge in [-0.05, 0) is 38.1 Å². The molecule has 0 aliphatic carbocycles. The molecule has 0 spiro atoms. The van der Waals surface area contributed by atoms with Crippen molar-refractivity contribution in [3.63, 3.8) is 0 Å². The Morgan fingerprint density at radius 2 is 1.88 bits per heavy atom. The predicted molar refractivity (Wildman–Crippen MR) is 94.0 cm³/mol. The first-order valence-corrected chi connectivity index (χ1v) is 9.34. The van der Waals surface area contributed by atoms with Crippen molar-refractivity contribution in [2.24, 2.45) is 0 Å². The van der Waals surface area contributed by atoms with Crippen molar-refractivity contribution in [1.82, 2.24) is 4.72 Å². The molecule has 0 saturated carbocycles. The third-order valence-corrected chi connectivity index (χ3v) is 5.08. The molecule has 0 heterocycles. The van der Waals surface area contributed by atoms with Crippen LogP contribution in [0.5, 0.6) is 5.75 Å². The zero-order chi connectivity index (χ0) is 19.3. The van der Waals surface area contributed by atoms with E-state index in [-0.39, 0.29) is 34.4 Å². The summed E-state index contributed by atoms with van der Waals surface area (Å²) in [6.07, 6.45) is 0. The molecule has 140 valence electrons. The molecule has 0 atom stereocenters. The van der Waals surface area contributed by atoms with Crippen LogP contribution < -0.4 is 9.46 Å². The van der Waals surface area contributed by atoms with Crippen molar-refractivity contribution in [2.75, 3.05) is 7.11 Å². The molecule has 26 heavy (non-hydrogen) atoms. The van der Waals surface area contributed by atoms with Crippen molar-refractivity contribution in [1.29, 1.82) is 0 Å². The van der Waals surface area contributed by atoms with Crippen LogP contribution in [0.25, 0.3) is 0 Å². The second kappa shape index (κ2) is 8.29. The Bertz CT molecular complexity index is 896. The molecule has 0 aliphatic rings. The normalized spacial score (nSPS) is 11.4. The number of hydrogen-bond acceptors (Lipinski definition) is 5. The van der Waals surface area contributed by atoms with Gasteiger partial charge in [0.25, 0.3) is 0 Å². The molecule has 2 aromatic carbocycles. The molecular weight excluding hydrogens is 361 g/mol. The third-order valence-electron chi connectivity index (χ3n) is 3.40. The smallest absolute Gasteiger partial charge is 0.338 e. The molecule has 6 nitrogen and oxygen atoms in total. The molecule has 0 bridgehead atoms. The van der Waals surface area contributed by atoms with Crippen LogP contribution in [0.15, 0.2) is 47.4 Å². The van der Waals surface area contributed by atoms with Crippen LogP contribution in [-0.2, 0) is 21.4 Å². The first kappa shape index (κ1) is 19.9. The van der Waals surface area contributed by atoms with Gasteiger partial charge in [0.2, 0.25) is 10.0 Å². The van der Waals surface area contributed by atoms with Gasteiger partial charge in [-0.1, -0.05) is 18.2 Å². The van der Waals surface area contributed by atoms with Gasteiger partial charge < -0.3 is 9.47 Å². The molecule has 0 radical (unpaired) electrons. The van der Waals surface area contributed by atoms with Gasteiger partial charge in [0.15, 0.2) is 0 Å². The number of carbonyl (C=O) groups is 1. The minimum absolute atomic E-state index is 0.0197. The van der Waals surface area contributed by atoms with E-state index in [1.807, 2.05) is 0 Å². The van der Waals surface area contributed by atoms with Crippen molar-refractivity contribution in [2.45, 2.75) is 31.4 Å². The van der Waals surface area contributed by atoms with Crippen LogP contribution in [0.4, 0.5) is 4.39 Å². The van der Waals surface area contributed by atoms with Crippen LogP contribution in [0.3, 0.4) is 0 Å². The first-order valence-electron chi connectivity index (χ1n) is 7.85. The third kappa shape index (κ3) is 4.80. The number of sulfonamides is 1. The standard InChI is InChI=1S/C18H20FNO5S/c1-12(2)20-26(22,23)17-10-13(8-9-16(17)24-3)18(21)25-11-14-6-4-5-7-15(14)19/h4-10,12,20H,11H2,1-3H3. The van der Waals surface area contributed by atoms with Gasteiger partial charge >= 0.3 is 5.97 Å². The van der Waals surface area contributed by atoms with Crippen molar-refractivity contribution in [3.8, 4) is 5.75 Å². The van der Waals surface area contributed by atoms with Crippen LogP contribution in [0.1, 0.15) is 29.8 Å². The molecule has 8 heteroatoms. The Morgan fingerprint density at radius 3 is 2.50 bits per heavy atom. The van der Waals surface area contributed by atoms with Crippen LogP contribution in [0.2, 0.25) is 0 Å². The van der Waals surface area contributed by atoms with Crippen LogP contribution >= 0.6 is 0 Å². The lowest BCUT2D eigenvalue weighted by molar-refractivity contribution is 0.0468. The summed E-state index contributed by atoms with van der Waals surface area (Å²) in [5.74, 6) is -1.15. The average molecular weight is 381 g/mol. The van der Waals surface area contributed by atoms with E-state index < -0.39 is 21.8 Å². The number of carbonyl (C=O) groups excluding carboxylic acids is 1. The lowest BCUT2D eigenvalue weighted by Gasteiger charge is -2.14. The summed E-state index contributed by atoms with van der Waals surface area (Å²) >= 11 is 0. The molecule has 0 aliphatic heterocycles. The Labute approximate surface area is 152 Å². The first-order chi connectivity index (χ1) is 12.2. The molecule has 0 saturated heterocycles. The van der Waals surface area contributed by atoms with Gasteiger partial charge in [-0.25, -0.2) is 22.3 Å². The van der Waals surface area contributed by atoms with Crippen molar-refractivity contribution in [3.05, 3.63) is 59.4 Å². The number of methoxy groups -OCH3 is 1. The lowest BCUT2D eigenvalue weighted by atomic mass is 10.2. The second-order valence-electron chi connectivity index (χ2n) is 5.81. The average Bonchev–Trinajstić information content (AvgIpc) is 2.59. The van der Waals surface area contributed by atoms with Gasteiger partial charge in [0.05, 0.1) is 12.7 Å². The Morgan fingerprint density at radius 1 is 1.19 bits per heavy atom. The lowest BCUT2D eigenvalue weighted by Crippen LogP contribution is -2.30. The van der Waals surface area contributed by atoms with Crippen LogP contribution in [-0.4, -0.2) is 27.5 Å². The summed E-state index contributed by atoms with van der Waals surface area (Å²) in [5.41, 5.74) is 0.245. The summed E-state index contributed by atoms with van der Waals surface area (Å²) in [7, 11) is -2.54. The monoisotopic (exact) mass is 381 g/mol. The molecule has 0 fully saturated rings. The Kier molecular flexibility index (Phi) is 6.33. The molecule has 2 rings (SSSR count). The zero-order valence-corrected chi connectivity index (χ0v) is 15.5. The van der Waals surface area contributed by atoms with E-state index >= 15 is 0 Å². The zero-order valence-electron chi connectivity index (χ0n) is 14.7. The Balaban J connectivity index is 2.26. The fourth-order valence-corrected chi connectivity index (χ4v) is 3.68. The molecule has 0 aromatic heterocycles. The van der Waals surface area contributed by atoms with Gasteiger partial charge in [0.1, 0.15) is 23.1 Å². The predicted octanol–water partition coefficient (Wildman–Crippen LogP) is 2.88. The largest absolute Gasteiger partial charge is 0.495 e. The molecular formula is C18H20FNO5S. The quantitative estimate of drug-likeness (QED) is 0.746. The molecule has 0 unspecified atom stereocenters. The van der Waals surface area contributed by atoms with E-state index in [1.165, 1.54) is 43.5 Å². The van der Waals surface area contributed by atoms with Gasteiger partial charge in [-0.3, -0.25) is 0 Å². The highest BCUT2D eigenvalue weighted by Crippen LogP contribution is 2.25. The summed E-state index contributed by atoms with van der Waals surface area (Å²) < 4.78 is 51.0. The van der Waals surface area contributed by atoms with Crippen LogP contribution in [0, 0.1) is 5.82 Å². The minimum atomic E-state index is -3.87. The number of hydrogen-bond donors (Lipinski definition) is 1. The van der Waals surface area contributed by atoms with Gasteiger partial charge in [0, 0.05) is 11.6 Å². The fraction of sp³-hybridized carbons (Fsp3) is 0.278. The van der Waals surface area contributed by atoms with Crippen molar-refractivity contribution < 1.29 is 27.1 Å². The summed E-state index contributed by atoms with van der Waals surface area (Å²) in [6, 6.07) is 9.52. The summed E-state index contributed by atoms with van der Waals surface area (Å²) in [6.45, 7) is 3.09. The van der Waals surface area contributed by atoms with E-state index in [0.717, 1.165) is 0 Å². The number of benzene rings is 2. The highest BCUT2D eigenvalue weighted by Gasteiger charge is 2.23. The number of rotatable bonds is 7. The van der Waals surface area contributed by atoms with Gasteiger partial charge in [-0.2, -0.15) is 0 Å². The number of ether oxygens (including phenoxy) is 2. The van der Waals surface area contributed by atoms with Gasteiger partial charge in [-0.15, -0.1) is 0 Å². The maximum absolute atomic E-state index is 13.6. The van der Waals surface area contributed by atoms with E-state index in [2.05, 4.69) is 4.72 Å². The molecule has 2 aromatic rings. The number of esters is 1. The minimum Gasteiger partial charge on any atom is -0.495 e. The Hall–Kier alpha value is -2.45. The maximum atomic E-state index is 13.6. The number of nitrogens with one attached hydrogen (secondary N) is 1. The SMILES string of the molecule is COc1ccc(C(=O)OCc2ccccc2F)cc1S(=O)(=O)NC(C)C. The highest BCUT2D eigenvalue weighted by atomic mass is 32.2. The second-order valence-corrected chi connectivity index (χ2v) is 7.49. The fourth-order valence-electron chi connectivity index (χ4n) is 2.23. The van der Waals surface area contributed by atoms with E-state index in [1.54, 1.807) is 19.9 Å². The van der Waals surface area contributed by atoms with E-state index in [4.69, 9.17) is 9.47 Å². The van der Waals surface area contributed by atoms with Crippen molar-refractivity contribution >= 4 is 16.0 Å². The molecule has 1 N–H and O–H groups in total.